The third kappa shape index (κ3) is 51.4. The van der Waals surface area contributed by atoms with Crippen molar-refractivity contribution < 1.29 is 100 Å². The van der Waals surface area contributed by atoms with E-state index in [0.717, 1.165) is 34.2 Å². The number of hydrogen-bond acceptors (Lipinski definition) is 18. The van der Waals surface area contributed by atoms with Crippen molar-refractivity contribution in [1.82, 2.24) is 21.3 Å². The van der Waals surface area contributed by atoms with Gasteiger partial charge in [-0.2, -0.15) is 0 Å². The number of benzene rings is 10. The normalized spacial score (nSPS) is 13.3. The van der Waals surface area contributed by atoms with Gasteiger partial charge in [0.05, 0.1) is 87.4 Å². The number of rotatable bonds is 32. The molecule has 1 aliphatic rings. The van der Waals surface area contributed by atoms with E-state index in [1.165, 1.54) is 57.8 Å². The molecule has 10 aromatic rings. The zero-order valence-electron chi connectivity index (χ0n) is 77.5. The SMILES string of the molecule is C.CC(C)(C)OC(=O)NC(Cc1ccccc1)C(CN)OCc1ccccc1.CC(C)(C)OC(=O)NC(Cc1ccccc1)C(CN=[N+]=[N-])OCc1ccccc1.CC(C)(C)OC(=O)NC(Cc1ccccc1)C(O)CN=[N+]=[N-].CC(C)(C)OC(=O)NC(Cc1ccccc1)C1CO1.COc1ccc(S(=O)(=O)Cl)cc1.[N-]=[N+]=[N-].[Na+].c1ccc(P(c2ccccc2)c2ccccc2)cc1. The van der Waals surface area contributed by atoms with Gasteiger partial charge in [-0.1, -0.05) is 291 Å². The van der Waals surface area contributed by atoms with Crippen LogP contribution in [-0.2, 0) is 81.1 Å². The summed E-state index contributed by atoms with van der Waals surface area (Å²) < 4.78 is 65.1. The van der Waals surface area contributed by atoms with Gasteiger partial charge in [-0.15, -0.1) is 0 Å². The predicted molar refractivity (Wildman–Crippen MR) is 524 cm³/mol. The Hall–Kier alpha value is -11.5. The second kappa shape index (κ2) is 62.1. The van der Waals surface area contributed by atoms with Crippen LogP contribution in [0.3, 0.4) is 0 Å². The second-order valence-electron chi connectivity index (χ2n) is 33.5. The molecule has 1 fully saturated rings. The second-order valence-corrected chi connectivity index (χ2v) is 38.3. The maximum atomic E-state index is 12.4. The van der Waals surface area contributed by atoms with Gasteiger partial charge in [0.15, 0.2) is 0 Å². The Morgan fingerprint density at radius 2 is 0.714 bits per heavy atom. The van der Waals surface area contributed by atoms with Crippen molar-refractivity contribution >= 4 is 67.9 Å². The number of azide groups is 2. The summed E-state index contributed by atoms with van der Waals surface area (Å²) in [4.78, 5) is 55.5. The summed E-state index contributed by atoms with van der Waals surface area (Å²) in [6, 6.07) is 95.6. The summed E-state index contributed by atoms with van der Waals surface area (Å²) in [6.45, 7) is 23.5. The van der Waals surface area contributed by atoms with Crippen molar-refractivity contribution in [2.75, 3.05) is 33.4 Å². The van der Waals surface area contributed by atoms with Crippen LogP contribution in [0.1, 0.15) is 124 Å². The number of nitrogens with one attached hydrogen (secondary N) is 4. The summed E-state index contributed by atoms with van der Waals surface area (Å²) in [5.41, 5.74) is 40.7. The van der Waals surface area contributed by atoms with Crippen LogP contribution in [0.2, 0.25) is 0 Å². The Balaban J connectivity index is 0.000000413. The number of epoxide rings is 1. The first-order valence-corrected chi connectivity index (χ1v) is 46.0. The summed E-state index contributed by atoms with van der Waals surface area (Å²) in [6.07, 6.45) is -1.46. The summed E-state index contributed by atoms with van der Waals surface area (Å²) >= 11 is 0. The summed E-state index contributed by atoms with van der Waals surface area (Å²) in [7, 11) is 2.53. The van der Waals surface area contributed by atoms with Crippen LogP contribution in [-0.4, -0.2) is 142 Å². The average molecular weight is 1890 g/mol. The van der Waals surface area contributed by atoms with E-state index in [9.17, 15) is 32.7 Å². The van der Waals surface area contributed by atoms with Crippen molar-refractivity contribution in [2.24, 2.45) is 16.0 Å². The minimum atomic E-state index is -3.61. The van der Waals surface area contributed by atoms with Gasteiger partial charge in [-0.05, 0) is 201 Å². The van der Waals surface area contributed by atoms with Gasteiger partial charge in [-0.3, -0.25) is 4.91 Å². The number of ether oxygens (including phenoxy) is 8. The molecule has 1 saturated heterocycles. The Morgan fingerprint density at radius 3 is 1.01 bits per heavy atom. The molecule has 0 aliphatic carbocycles. The van der Waals surface area contributed by atoms with Gasteiger partial charge in [0.2, 0.25) is 0 Å². The average Bonchev–Trinajstić information content (AvgIpc) is 1.73. The number of carbonyl (C=O) groups excluding carboxylic acids is 4. The van der Waals surface area contributed by atoms with Crippen molar-refractivity contribution in [2.45, 2.75) is 205 Å². The van der Waals surface area contributed by atoms with E-state index in [2.05, 4.69) is 132 Å². The van der Waals surface area contributed by atoms with Gasteiger partial charge in [0.25, 0.3) is 9.05 Å². The number of nitrogens with zero attached hydrogens (tertiary/aromatic N) is 9. The van der Waals surface area contributed by atoms with E-state index in [4.69, 9.17) is 76.4 Å². The minimum absolute atomic E-state index is 0. The van der Waals surface area contributed by atoms with Crippen molar-refractivity contribution in [3.8, 4) is 5.75 Å². The predicted octanol–water partition coefficient (Wildman–Crippen LogP) is 17.6. The molecule has 4 amide bonds. The molecule has 8 unspecified atom stereocenters. The molecular weight excluding hydrogens is 1760 g/mol. The van der Waals surface area contributed by atoms with E-state index in [-0.39, 0.29) is 85.4 Å². The number of nitrogens with two attached hydrogens (primary N) is 1. The molecule has 11 rings (SSSR count). The fraction of sp³-hybridized carbons (Fsp3) is 0.360. The molecule has 0 aromatic heterocycles. The Bertz CT molecular complexity index is 5080. The number of amides is 4. The summed E-state index contributed by atoms with van der Waals surface area (Å²) in [5, 5.41) is 32.7. The van der Waals surface area contributed by atoms with Crippen LogP contribution in [0.4, 0.5) is 19.2 Å². The molecule has 33 heteroatoms. The number of alkyl carbamates (subject to hydrolysis) is 4. The molecule has 1 heterocycles. The van der Waals surface area contributed by atoms with Crippen LogP contribution in [0.25, 0.3) is 36.9 Å². The molecule has 10 aromatic carbocycles. The van der Waals surface area contributed by atoms with Gasteiger partial charge in [-0.25, -0.2) is 27.6 Å². The van der Waals surface area contributed by atoms with E-state index in [1.807, 2.05) is 244 Å². The van der Waals surface area contributed by atoms with Crippen molar-refractivity contribution in [1.29, 1.82) is 0 Å². The first-order valence-electron chi connectivity index (χ1n) is 42.4. The Kier molecular flexibility index (Phi) is 54.0. The molecule has 0 bridgehead atoms. The number of halogens is 1. The maximum Gasteiger partial charge on any atom is 1.00 e. The van der Waals surface area contributed by atoms with Gasteiger partial charge in [0.1, 0.15) is 34.3 Å². The third-order valence-corrected chi connectivity index (χ3v) is 21.9. The van der Waals surface area contributed by atoms with Crippen LogP contribution in [0.5, 0.6) is 5.75 Å². The Morgan fingerprint density at radius 1 is 0.444 bits per heavy atom. The van der Waals surface area contributed by atoms with E-state index in [0.29, 0.717) is 51.4 Å². The monoisotopic (exact) mass is 1880 g/mol. The molecule has 0 radical (unpaired) electrons. The largest absolute Gasteiger partial charge is 1.00 e. The van der Waals surface area contributed by atoms with Gasteiger partial charge < -0.3 is 81.1 Å². The van der Waals surface area contributed by atoms with Crippen LogP contribution < -0.4 is 77.2 Å². The molecule has 133 heavy (non-hydrogen) atoms. The van der Waals surface area contributed by atoms with E-state index < -0.39 is 81.9 Å². The maximum absolute atomic E-state index is 12.4. The fourth-order valence-electron chi connectivity index (χ4n) is 12.2. The van der Waals surface area contributed by atoms with Crippen LogP contribution in [0, 0.1) is 0 Å². The molecule has 0 spiro atoms. The minimum Gasteiger partial charge on any atom is -0.497 e. The molecule has 706 valence electrons. The molecule has 29 nitrogen and oxygen atoms in total. The standard InChI is InChI=1S/C22H28N4O3.C22H30N2O3.C18H15P.C15H22N4O3.C15H21NO3.C7H7ClO3S.CH4.N3.Na/c1-22(2,3)29-21(27)25-19(14-17-10-6-4-7-11-17)20(15-24-26-23)28-16-18-12-8-5-9-13-18;1-22(2,3)27-21(25)24-19(14-17-10-6-4-7-11-17)20(15-23)26-16-18-12-8-5-9-13-18;1-4-10-16(11-5-1)19(17-12-6-2-7-13-17)18-14-8-3-9-15-18;1-15(2,3)22-14(21)18-12(13(20)10-17-19-16)9-11-7-5-4-6-8-11;1-15(2,3)19-14(17)16-12(13-10-18-13)9-11-7-5-4-6-8-11;1-11-6-2-4-7(5-3-6)12(8,9)10;;1-3-2;/h4-13,19-20H,14-16H2,1-3H3,(H,25,27);4-13,19-20H,14-16,23H2,1-3H3,(H,24,25);1-15H;4-8,12-13,20H,9-10H2,1-3H3,(H,18,21);4-8,12-13H,9-10H2,1-3H3,(H,16,17);2-5H,1H3;1H4;;/q;;;;;;;-1;+1. The van der Waals surface area contributed by atoms with Gasteiger partial charge in [0, 0.05) is 27.1 Å². The van der Waals surface area contributed by atoms with E-state index in [1.54, 1.807) is 20.8 Å². The molecule has 8 atom stereocenters. The van der Waals surface area contributed by atoms with Crippen molar-refractivity contribution in [3.05, 3.63) is 367 Å². The molecule has 1 aliphatic heterocycles. The zero-order valence-corrected chi connectivity index (χ0v) is 81.9. The van der Waals surface area contributed by atoms with Gasteiger partial charge >= 0.3 is 53.9 Å². The molecule has 0 saturated carbocycles. The van der Waals surface area contributed by atoms with Crippen LogP contribution in [0.15, 0.2) is 312 Å². The number of methoxy groups -OCH3 is 1. The quantitative estimate of drug-likeness (QED) is 0.00333. The Labute approximate surface area is 811 Å². The topological polar surface area (TPSA) is 430 Å². The molecule has 7 N–H and O–H groups in total. The van der Waals surface area contributed by atoms with Crippen molar-refractivity contribution in [3.63, 3.8) is 0 Å². The van der Waals surface area contributed by atoms with E-state index >= 15 is 0 Å². The first kappa shape index (κ1) is 116. The number of carbonyl (C=O) groups is 4. The summed E-state index contributed by atoms with van der Waals surface area (Å²) in [5.74, 6) is 0.596. The molecular formula is C100H127ClN14NaO15PS. The fourth-order valence-corrected chi connectivity index (χ4v) is 15.3. The zero-order chi connectivity index (χ0) is 96.1. The third-order valence-electron chi connectivity index (χ3n) is 18.1. The first-order chi connectivity index (χ1) is 62.4. The van der Waals surface area contributed by atoms with Crippen LogP contribution >= 0.6 is 18.6 Å². The smallest absolute Gasteiger partial charge is 0.497 e. The number of aliphatic hydroxyl groups is 1. The number of aliphatic hydroxyl groups excluding tert-OH is 1. The number of hydrogen-bond donors (Lipinski definition) is 6.